The molecule has 0 amide bonds. The molecular formula is C15H17NO2. The predicted molar refractivity (Wildman–Crippen MR) is 70.8 cm³/mol. The lowest BCUT2D eigenvalue weighted by molar-refractivity contribution is 0.0600. The number of aromatic nitrogens is 1. The van der Waals surface area contributed by atoms with Crippen LogP contribution < -0.4 is 0 Å². The first-order chi connectivity index (χ1) is 8.60. The molecule has 2 aromatic rings. The van der Waals surface area contributed by atoms with E-state index in [1.807, 2.05) is 19.2 Å². The van der Waals surface area contributed by atoms with Crippen molar-refractivity contribution in [2.75, 3.05) is 7.11 Å². The van der Waals surface area contributed by atoms with Crippen molar-refractivity contribution in [1.29, 1.82) is 0 Å². The van der Waals surface area contributed by atoms with E-state index >= 15 is 0 Å². The largest absolute Gasteiger partial charge is 0.465 e. The van der Waals surface area contributed by atoms with Crippen molar-refractivity contribution in [3.05, 3.63) is 58.9 Å². The Morgan fingerprint density at radius 1 is 1.22 bits per heavy atom. The molecule has 1 heterocycles. The second kappa shape index (κ2) is 5.08. The molecule has 0 fully saturated rings. The number of methoxy groups -OCH3 is 1. The van der Waals surface area contributed by atoms with Crippen LogP contribution in [0.1, 0.15) is 27.2 Å². The molecule has 3 heteroatoms. The molecule has 0 aliphatic heterocycles. The third-order valence-corrected chi connectivity index (χ3v) is 3.01. The average Bonchev–Trinajstić information content (AvgIpc) is 2.73. The van der Waals surface area contributed by atoms with Crippen LogP contribution in [0, 0.1) is 13.8 Å². The molecule has 0 saturated carbocycles. The Morgan fingerprint density at radius 3 is 2.50 bits per heavy atom. The molecule has 94 valence electrons. The van der Waals surface area contributed by atoms with E-state index in [-0.39, 0.29) is 5.97 Å². The van der Waals surface area contributed by atoms with Gasteiger partial charge in [0.25, 0.3) is 0 Å². The van der Waals surface area contributed by atoms with E-state index in [9.17, 15) is 4.79 Å². The number of ether oxygens (including phenoxy) is 1. The Hall–Kier alpha value is -2.03. The average molecular weight is 243 g/mol. The number of esters is 1. The predicted octanol–water partition coefficient (Wildman–Crippen LogP) is 2.94. The maximum Gasteiger partial charge on any atom is 0.339 e. The summed E-state index contributed by atoms with van der Waals surface area (Å²) >= 11 is 0. The molecule has 0 aliphatic rings. The normalized spacial score (nSPS) is 10.4. The van der Waals surface area contributed by atoms with Gasteiger partial charge in [0, 0.05) is 18.4 Å². The Balaban J connectivity index is 2.21. The Bertz CT molecular complexity index is 552. The maximum atomic E-state index is 11.4. The molecule has 2 rings (SSSR count). The van der Waals surface area contributed by atoms with Crippen molar-refractivity contribution in [3.63, 3.8) is 0 Å². The van der Waals surface area contributed by atoms with Crippen LogP contribution >= 0.6 is 0 Å². The van der Waals surface area contributed by atoms with Gasteiger partial charge in [0.1, 0.15) is 0 Å². The molecule has 0 unspecified atom stereocenters. The van der Waals surface area contributed by atoms with Crippen LogP contribution in [-0.2, 0) is 11.3 Å². The van der Waals surface area contributed by atoms with Crippen LogP contribution in [0.25, 0.3) is 0 Å². The fourth-order valence-corrected chi connectivity index (χ4v) is 1.90. The zero-order chi connectivity index (χ0) is 13.1. The van der Waals surface area contributed by atoms with Gasteiger partial charge in [0.15, 0.2) is 0 Å². The van der Waals surface area contributed by atoms with E-state index < -0.39 is 0 Å². The van der Waals surface area contributed by atoms with Gasteiger partial charge in [-0.25, -0.2) is 4.79 Å². The zero-order valence-electron chi connectivity index (χ0n) is 10.9. The van der Waals surface area contributed by atoms with E-state index in [0.717, 1.165) is 12.2 Å². The highest BCUT2D eigenvalue weighted by Gasteiger charge is 2.10. The third kappa shape index (κ3) is 2.62. The van der Waals surface area contributed by atoms with Crippen LogP contribution in [0.2, 0.25) is 0 Å². The first kappa shape index (κ1) is 12.4. The number of hydrogen-bond donors (Lipinski definition) is 0. The standard InChI is InChI=1S/C15H17NO2/c1-11-4-6-13(7-5-11)9-16-10-14(8-12(16)2)15(17)18-3/h4-8,10H,9H2,1-3H3. The Kier molecular flexibility index (Phi) is 3.51. The van der Waals surface area contributed by atoms with E-state index in [0.29, 0.717) is 5.56 Å². The molecule has 0 atom stereocenters. The van der Waals surface area contributed by atoms with Crippen molar-refractivity contribution in [1.82, 2.24) is 4.57 Å². The maximum absolute atomic E-state index is 11.4. The highest BCUT2D eigenvalue weighted by atomic mass is 16.5. The van der Waals surface area contributed by atoms with Gasteiger partial charge in [-0.15, -0.1) is 0 Å². The fourth-order valence-electron chi connectivity index (χ4n) is 1.90. The minimum absolute atomic E-state index is 0.291. The Labute approximate surface area is 107 Å². The SMILES string of the molecule is COC(=O)c1cc(C)n(Cc2ccc(C)cc2)c1. The quantitative estimate of drug-likeness (QED) is 0.776. The Morgan fingerprint density at radius 2 is 1.89 bits per heavy atom. The minimum Gasteiger partial charge on any atom is -0.465 e. The lowest BCUT2D eigenvalue weighted by atomic mass is 10.1. The second-order valence-electron chi connectivity index (χ2n) is 4.48. The number of carbonyl (C=O) groups is 1. The smallest absolute Gasteiger partial charge is 0.339 e. The molecule has 3 nitrogen and oxygen atoms in total. The number of benzene rings is 1. The van der Waals surface area contributed by atoms with Gasteiger partial charge in [-0.05, 0) is 25.5 Å². The van der Waals surface area contributed by atoms with Crippen LogP contribution in [0.4, 0.5) is 0 Å². The molecule has 1 aromatic carbocycles. The molecule has 0 N–H and O–H groups in total. The summed E-state index contributed by atoms with van der Waals surface area (Å²) in [6, 6.07) is 10.2. The molecular weight excluding hydrogens is 226 g/mol. The van der Waals surface area contributed by atoms with Crippen LogP contribution in [-0.4, -0.2) is 17.6 Å². The molecule has 0 bridgehead atoms. The number of nitrogens with zero attached hydrogens (tertiary/aromatic N) is 1. The van der Waals surface area contributed by atoms with E-state index in [2.05, 4.69) is 35.8 Å². The van der Waals surface area contributed by atoms with Gasteiger partial charge < -0.3 is 9.30 Å². The summed E-state index contributed by atoms with van der Waals surface area (Å²) in [6.45, 7) is 4.82. The molecule has 0 aliphatic carbocycles. The summed E-state index contributed by atoms with van der Waals surface area (Å²) in [5.74, 6) is -0.291. The summed E-state index contributed by atoms with van der Waals surface area (Å²) in [6.07, 6.45) is 1.83. The van der Waals surface area contributed by atoms with Gasteiger partial charge in [-0.2, -0.15) is 0 Å². The van der Waals surface area contributed by atoms with Gasteiger partial charge in [0.2, 0.25) is 0 Å². The number of rotatable bonds is 3. The van der Waals surface area contributed by atoms with E-state index in [1.54, 1.807) is 0 Å². The topological polar surface area (TPSA) is 31.2 Å². The van der Waals surface area contributed by atoms with Crippen LogP contribution in [0.15, 0.2) is 36.5 Å². The monoisotopic (exact) mass is 243 g/mol. The third-order valence-electron chi connectivity index (χ3n) is 3.01. The zero-order valence-corrected chi connectivity index (χ0v) is 10.9. The highest BCUT2D eigenvalue weighted by Crippen LogP contribution is 2.12. The number of hydrogen-bond acceptors (Lipinski definition) is 2. The lowest BCUT2D eigenvalue weighted by Gasteiger charge is -2.06. The van der Waals surface area contributed by atoms with Crippen molar-refractivity contribution in [3.8, 4) is 0 Å². The number of aryl methyl sites for hydroxylation is 2. The van der Waals surface area contributed by atoms with Gasteiger partial charge in [-0.3, -0.25) is 0 Å². The van der Waals surface area contributed by atoms with E-state index in [1.165, 1.54) is 18.2 Å². The molecule has 0 saturated heterocycles. The van der Waals surface area contributed by atoms with Gasteiger partial charge >= 0.3 is 5.97 Å². The van der Waals surface area contributed by atoms with Crippen LogP contribution in [0.5, 0.6) is 0 Å². The van der Waals surface area contributed by atoms with E-state index in [4.69, 9.17) is 4.74 Å². The summed E-state index contributed by atoms with van der Waals surface area (Å²) in [5, 5.41) is 0. The minimum atomic E-state index is -0.291. The first-order valence-electron chi connectivity index (χ1n) is 5.91. The summed E-state index contributed by atoms with van der Waals surface area (Å²) in [5.41, 5.74) is 4.12. The second-order valence-corrected chi connectivity index (χ2v) is 4.48. The van der Waals surface area contributed by atoms with Crippen molar-refractivity contribution < 1.29 is 9.53 Å². The van der Waals surface area contributed by atoms with Gasteiger partial charge in [0.05, 0.1) is 12.7 Å². The molecule has 0 radical (unpaired) electrons. The summed E-state index contributed by atoms with van der Waals surface area (Å²) < 4.78 is 6.77. The van der Waals surface area contributed by atoms with Crippen LogP contribution in [0.3, 0.4) is 0 Å². The van der Waals surface area contributed by atoms with Gasteiger partial charge in [-0.1, -0.05) is 29.8 Å². The lowest BCUT2D eigenvalue weighted by Crippen LogP contribution is -2.01. The molecule has 0 spiro atoms. The first-order valence-corrected chi connectivity index (χ1v) is 5.91. The summed E-state index contributed by atoms with van der Waals surface area (Å²) in [7, 11) is 1.40. The number of carbonyl (C=O) groups excluding carboxylic acids is 1. The highest BCUT2D eigenvalue weighted by molar-refractivity contribution is 5.89. The van der Waals surface area contributed by atoms with Crippen molar-refractivity contribution in [2.45, 2.75) is 20.4 Å². The van der Waals surface area contributed by atoms with Crippen molar-refractivity contribution in [2.24, 2.45) is 0 Å². The molecule has 18 heavy (non-hydrogen) atoms. The summed E-state index contributed by atoms with van der Waals surface area (Å²) in [4.78, 5) is 11.4. The fraction of sp³-hybridized carbons (Fsp3) is 0.267. The molecule has 1 aromatic heterocycles. The van der Waals surface area contributed by atoms with Crippen molar-refractivity contribution >= 4 is 5.97 Å².